The van der Waals surface area contributed by atoms with Gasteiger partial charge in [0, 0.05) is 37.7 Å². The molecule has 1 aromatic rings. The standard InChI is InChI=1S/C14H19ClN2/c1-11(2)13-7-12(8-14(15)9-13)10-17-5-3-16-4-6-17/h7-9,16H,1,3-6,10H2,2H3. The van der Waals surface area contributed by atoms with E-state index in [1.54, 1.807) is 0 Å². The van der Waals surface area contributed by atoms with Crippen LogP contribution < -0.4 is 5.32 Å². The molecule has 1 N–H and O–H groups in total. The Bertz CT molecular complexity index is 409. The Balaban J connectivity index is 2.11. The number of halogens is 1. The van der Waals surface area contributed by atoms with Crippen LogP contribution in [0.25, 0.3) is 5.57 Å². The Morgan fingerprint density at radius 1 is 1.35 bits per heavy atom. The number of hydrogen-bond donors (Lipinski definition) is 1. The molecule has 1 fully saturated rings. The monoisotopic (exact) mass is 250 g/mol. The minimum atomic E-state index is 0.802. The van der Waals surface area contributed by atoms with E-state index in [9.17, 15) is 0 Å². The van der Waals surface area contributed by atoms with E-state index in [2.05, 4.69) is 28.9 Å². The van der Waals surface area contributed by atoms with Gasteiger partial charge >= 0.3 is 0 Å². The summed E-state index contributed by atoms with van der Waals surface area (Å²) in [5.74, 6) is 0. The summed E-state index contributed by atoms with van der Waals surface area (Å²) in [6, 6.07) is 6.22. The molecule has 0 saturated carbocycles. The molecule has 0 aliphatic carbocycles. The highest BCUT2D eigenvalue weighted by Crippen LogP contribution is 2.21. The first-order chi connectivity index (χ1) is 8.15. The molecule has 2 nitrogen and oxygen atoms in total. The first kappa shape index (κ1) is 12.6. The van der Waals surface area contributed by atoms with E-state index in [-0.39, 0.29) is 0 Å². The SMILES string of the molecule is C=C(C)c1cc(Cl)cc(CN2CCNCC2)c1. The summed E-state index contributed by atoms with van der Waals surface area (Å²) in [5, 5.41) is 4.16. The molecule has 0 radical (unpaired) electrons. The second-order valence-electron chi connectivity index (χ2n) is 4.65. The molecule has 1 aliphatic rings. The van der Waals surface area contributed by atoms with Crippen LogP contribution in [0.15, 0.2) is 24.8 Å². The second kappa shape index (κ2) is 5.67. The van der Waals surface area contributed by atoms with Crippen LogP contribution in [0.3, 0.4) is 0 Å². The van der Waals surface area contributed by atoms with Gasteiger partial charge in [-0.05, 0) is 30.2 Å². The van der Waals surface area contributed by atoms with E-state index >= 15 is 0 Å². The van der Waals surface area contributed by atoms with Crippen LogP contribution >= 0.6 is 11.6 Å². The number of rotatable bonds is 3. The Labute approximate surface area is 108 Å². The van der Waals surface area contributed by atoms with Crippen LogP contribution in [-0.2, 0) is 6.54 Å². The zero-order valence-corrected chi connectivity index (χ0v) is 11.1. The van der Waals surface area contributed by atoms with Crippen molar-refractivity contribution in [2.24, 2.45) is 0 Å². The van der Waals surface area contributed by atoms with Gasteiger partial charge in [0.2, 0.25) is 0 Å². The molecule has 1 heterocycles. The number of piperazine rings is 1. The van der Waals surface area contributed by atoms with Crippen LogP contribution in [0.5, 0.6) is 0 Å². The van der Waals surface area contributed by atoms with Gasteiger partial charge in [-0.2, -0.15) is 0 Å². The van der Waals surface area contributed by atoms with Crippen LogP contribution in [-0.4, -0.2) is 31.1 Å². The van der Waals surface area contributed by atoms with Crippen LogP contribution in [0, 0.1) is 0 Å². The largest absolute Gasteiger partial charge is 0.314 e. The predicted molar refractivity (Wildman–Crippen MR) is 74.3 cm³/mol. The van der Waals surface area contributed by atoms with Gasteiger partial charge in [0.05, 0.1) is 0 Å². The number of nitrogens with one attached hydrogen (secondary N) is 1. The summed E-state index contributed by atoms with van der Waals surface area (Å²) in [6.07, 6.45) is 0. The van der Waals surface area contributed by atoms with E-state index in [1.807, 2.05) is 13.0 Å². The lowest BCUT2D eigenvalue weighted by Crippen LogP contribution is -2.42. The topological polar surface area (TPSA) is 15.3 Å². The smallest absolute Gasteiger partial charge is 0.0415 e. The Morgan fingerprint density at radius 3 is 2.71 bits per heavy atom. The molecule has 2 rings (SSSR count). The van der Waals surface area contributed by atoms with E-state index in [0.717, 1.165) is 48.9 Å². The Morgan fingerprint density at radius 2 is 2.06 bits per heavy atom. The molecule has 1 aliphatic heterocycles. The maximum atomic E-state index is 6.14. The molecular weight excluding hydrogens is 232 g/mol. The van der Waals surface area contributed by atoms with Gasteiger partial charge in [0.1, 0.15) is 0 Å². The fourth-order valence-electron chi connectivity index (χ4n) is 2.12. The van der Waals surface area contributed by atoms with E-state index in [4.69, 9.17) is 11.6 Å². The molecule has 1 saturated heterocycles. The molecule has 17 heavy (non-hydrogen) atoms. The van der Waals surface area contributed by atoms with Gasteiger partial charge in [-0.25, -0.2) is 0 Å². The van der Waals surface area contributed by atoms with Crippen molar-refractivity contribution in [3.63, 3.8) is 0 Å². The molecule has 92 valence electrons. The minimum Gasteiger partial charge on any atom is -0.314 e. The third-order valence-corrected chi connectivity index (χ3v) is 3.28. The average molecular weight is 251 g/mol. The first-order valence-corrected chi connectivity index (χ1v) is 6.41. The van der Waals surface area contributed by atoms with Crippen LogP contribution in [0.2, 0.25) is 5.02 Å². The third kappa shape index (κ3) is 3.56. The predicted octanol–water partition coefficient (Wildman–Crippen LogP) is 2.78. The lowest BCUT2D eigenvalue weighted by atomic mass is 10.1. The van der Waals surface area contributed by atoms with E-state index in [0.29, 0.717) is 0 Å². The molecule has 3 heteroatoms. The van der Waals surface area contributed by atoms with Gasteiger partial charge in [-0.1, -0.05) is 29.8 Å². The second-order valence-corrected chi connectivity index (χ2v) is 5.09. The lowest BCUT2D eigenvalue weighted by Gasteiger charge is -2.27. The molecular formula is C14H19ClN2. The normalized spacial score (nSPS) is 17.1. The van der Waals surface area contributed by atoms with Crippen molar-refractivity contribution < 1.29 is 0 Å². The average Bonchev–Trinajstić information content (AvgIpc) is 2.29. The highest BCUT2D eigenvalue weighted by molar-refractivity contribution is 6.30. The van der Waals surface area contributed by atoms with Crippen molar-refractivity contribution in [3.8, 4) is 0 Å². The van der Waals surface area contributed by atoms with Gasteiger partial charge in [-0.15, -0.1) is 0 Å². The summed E-state index contributed by atoms with van der Waals surface area (Å²) in [5.41, 5.74) is 3.48. The maximum absolute atomic E-state index is 6.14. The maximum Gasteiger partial charge on any atom is 0.0415 e. The molecule has 0 atom stereocenters. The van der Waals surface area contributed by atoms with Crippen molar-refractivity contribution in [2.75, 3.05) is 26.2 Å². The number of allylic oxidation sites excluding steroid dienone is 1. The number of hydrogen-bond acceptors (Lipinski definition) is 2. The van der Waals surface area contributed by atoms with Crippen molar-refractivity contribution in [2.45, 2.75) is 13.5 Å². The third-order valence-electron chi connectivity index (χ3n) is 3.07. The molecule has 0 unspecified atom stereocenters. The minimum absolute atomic E-state index is 0.802. The van der Waals surface area contributed by atoms with Crippen molar-refractivity contribution >= 4 is 17.2 Å². The van der Waals surface area contributed by atoms with Crippen molar-refractivity contribution in [3.05, 3.63) is 40.9 Å². The van der Waals surface area contributed by atoms with Crippen molar-refractivity contribution in [1.29, 1.82) is 0 Å². The lowest BCUT2D eigenvalue weighted by molar-refractivity contribution is 0.233. The van der Waals surface area contributed by atoms with Crippen molar-refractivity contribution in [1.82, 2.24) is 10.2 Å². The Kier molecular flexibility index (Phi) is 4.21. The summed E-state index contributed by atoms with van der Waals surface area (Å²) in [4.78, 5) is 2.45. The molecule has 0 aromatic heterocycles. The number of nitrogens with zero attached hydrogens (tertiary/aromatic N) is 1. The fourth-order valence-corrected chi connectivity index (χ4v) is 2.37. The summed E-state index contributed by atoms with van der Waals surface area (Å²) in [7, 11) is 0. The molecule has 0 amide bonds. The highest BCUT2D eigenvalue weighted by Gasteiger charge is 2.10. The van der Waals surface area contributed by atoms with Gasteiger partial charge in [0.15, 0.2) is 0 Å². The van der Waals surface area contributed by atoms with Gasteiger partial charge < -0.3 is 5.32 Å². The molecule has 0 spiro atoms. The fraction of sp³-hybridized carbons (Fsp3) is 0.429. The summed E-state index contributed by atoms with van der Waals surface area (Å²) < 4.78 is 0. The van der Waals surface area contributed by atoms with Crippen LogP contribution in [0.4, 0.5) is 0 Å². The zero-order chi connectivity index (χ0) is 12.3. The van der Waals surface area contributed by atoms with Gasteiger partial charge in [-0.3, -0.25) is 4.90 Å². The zero-order valence-electron chi connectivity index (χ0n) is 10.3. The van der Waals surface area contributed by atoms with Crippen LogP contribution in [0.1, 0.15) is 18.1 Å². The van der Waals surface area contributed by atoms with E-state index < -0.39 is 0 Å². The highest BCUT2D eigenvalue weighted by atomic mass is 35.5. The number of benzene rings is 1. The Hall–Kier alpha value is -0.830. The van der Waals surface area contributed by atoms with E-state index in [1.165, 1.54) is 5.56 Å². The van der Waals surface area contributed by atoms with Gasteiger partial charge in [0.25, 0.3) is 0 Å². The molecule has 1 aromatic carbocycles. The summed E-state index contributed by atoms with van der Waals surface area (Å²) in [6.45, 7) is 11.3. The molecule has 0 bridgehead atoms. The first-order valence-electron chi connectivity index (χ1n) is 6.03. The quantitative estimate of drug-likeness (QED) is 0.888. The summed E-state index contributed by atoms with van der Waals surface area (Å²) >= 11 is 6.14.